The summed E-state index contributed by atoms with van der Waals surface area (Å²) in [7, 11) is 0. The summed E-state index contributed by atoms with van der Waals surface area (Å²) in [5.41, 5.74) is 4.58. The van der Waals surface area contributed by atoms with E-state index in [1.54, 1.807) is 0 Å². The Morgan fingerprint density at radius 3 is 0.867 bits per heavy atom. The minimum atomic E-state index is 0.124. The van der Waals surface area contributed by atoms with Gasteiger partial charge in [0.1, 0.15) is 0 Å². The molecule has 0 nitrogen and oxygen atoms in total. The predicted octanol–water partition coefficient (Wildman–Crippen LogP) is 13.0. The van der Waals surface area contributed by atoms with Crippen LogP contribution >= 0.6 is 0 Å². The van der Waals surface area contributed by atoms with Crippen molar-refractivity contribution in [3.63, 3.8) is 0 Å². The summed E-state index contributed by atoms with van der Waals surface area (Å²) >= 11 is 0. The SMILES string of the molecule is CC1C(C)C2(C)C1(C)C1(C)C2(C)C2(C)C3(C)C(C)(C)C4(C)C(C)(C(C)(C)C(C)(C)C3(C)C12C)C1(C)C2(C)C(C)(C)CC2(C)C41C. The third kappa shape index (κ3) is 1.48. The van der Waals surface area contributed by atoms with Crippen molar-refractivity contribution in [2.75, 3.05) is 0 Å². The van der Waals surface area contributed by atoms with Crippen LogP contribution < -0.4 is 0 Å². The van der Waals surface area contributed by atoms with Gasteiger partial charge >= 0.3 is 0 Å². The van der Waals surface area contributed by atoms with E-state index in [9.17, 15) is 0 Å². The van der Waals surface area contributed by atoms with E-state index in [2.05, 4.69) is 166 Å². The Labute approximate surface area is 281 Å². The van der Waals surface area contributed by atoms with Gasteiger partial charge in [-0.1, -0.05) is 166 Å². The molecule has 8 aliphatic carbocycles. The highest BCUT2D eigenvalue weighted by molar-refractivity contribution is 5.61. The van der Waals surface area contributed by atoms with Crippen molar-refractivity contribution in [1.82, 2.24) is 0 Å². The Bertz CT molecular complexity index is 1560. The molecular formula is C45H76. The van der Waals surface area contributed by atoms with E-state index in [0.29, 0.717) is 37.9 Å². The third-order valence-electron chi connectivity index (χ3n) is 28.6. The fourth-order valence-electron chi connectivity index (χ4n) is 25.2. The Balaban J connectivity index is 1.50. The van der Waals surface area contributed by atoms with E-state index in [0.717, 1.165) is 11.8 Å². The molecule has 0 aromatic carbocycles. The molecule has 256 valence electrons. The van der Waals surface area contributed by atoms with Crippen molar-refractivity contribution < 1.29 is 0 Å². The molecule has 8 rings (SSSR count). The summed E-state index contributed by atoms with van der Waals surface area (Å²) in [6.07, 6.45) is 1.37. The first-order chi connectivity index (χ1) is 19.5. The zero-order valence-corrected chi connectivity index (χ0v) is 34.9. The van der Waals surface area contributed by atoms with Crippen molar-refractivity contribution in [3.8, 4) is 0 Å². The summed E-state index contributed by atoms with van der Waals surface area (Å²) in [6.45, 7) is 67.1. The fraction of sp³-hybridized carbons (Fsp3) is 1.00. The highest BCUT2D eigenvalue weighted by Crippen LogP contribution is 3.18. The Morgan fingerprint density at radius 2 is 0.556 bits per heavy atom. The minimum absolute atomic E-state index is 0.124. The third-order valence-corrected chi connectivity index (χ3v) is 28.6. The van der Waals surface area contributed by atoms with Crippen LogP contribution in [0.1, 0.15) is 173 Å². The van der Waals surface area contributed by atoms with Crippen LogP contribution in [0.4, 0.5) is 0 Å². The van der Waals surface area contributed by atoms with Crippen LogP contribution in [0, 0.1) is 109 Å². The van der Waals surface area contributed by atoms with E-state index in [1.165, 1.54) is 6.42 Å². The number of hydrogen-bond acceptors (Lipinski definition) is 0. The molecular weight excluding hydrogens is 540 g/mol. The lowest BCUT2D eigenvalue weighted by Gasteiger charge is -3.13. The first-order valence-electron chi connectivity index (χ1n) is 19.5. The van der Waals surface area contributed by atoms with Gasteiger partial charge in [0, 0.05) is 0 Å². The van der Waals surface area contributed by atoms with Crippen LogP contribution in [0.15, 0.2) is 0 Å². The van der Waals surface area contributed by atoms with Crippen LogP contribution in [0.25, 0.3) is 0 Å². The molecule has 45 heavy (non-hydrogen) atoms. The van der Waals surface area contributed by atoms with Crippen molar-refractivity contribution in [1.29, 1.82) is 0 Å². The van der Waals surface area contributed by atoms with Crippen LogP contribution in [-0.2, 0) is 0 Å². The summed E-state index contributed by atoms with van der Waals surface area (Å²) in [4.78, 5) is 0. The van der Waals surface area contributed by atoms with E-state index in [-0.39, 0.29) is 59.6 Å². The molecule has 0 heteroatoms. The minimum Gasteiger partial charge on any atom is -0.0617 e. The van der Waals surface area contributed by atoms with Gasteiger partial charge in [0.15, 0.2) is 0 Å². The van der Waals surface area contributed by atoms with Gasteiger partial charge in [-0.3, -0.25) is 0 Å². The van der Waals surface area contributed by atoms with Gasteiger partial charge in [0.2, 0.25) is 0 Å². The monoisotopic (exact) mass is 617 g/mol. The summed E-state index contributed by atoms with van der Waals surface area (Å²) in [5, 5.41) is 0. The van der Waals surface area contributed by atoms with E-state index in [4.69, 9.17) is 0 Å². The van der Waals surface area contributed by atoms with Gasteiger partial charge in [0.25, 0.3) is 0 Å². The molecule has 0 heterocycles. The van der Waals surface area contributed by atoms with E-state index in [1.807, 2.05) is 0 Å². The van der Waals surface area contributed by atoms with Gasteiger partial charge in [-0.15, -0.1) is 0 Å². The zero-order chi connectivity index (χ0) is 34.9. The Kier molecular flexibility index (Phi) is 4.40. The second-order valence-electron chi connectivity index (χ2n) is 24.6. The second-order valence-corrected chi connectivity index (χ2v) is 24.6. The average molecular weight is 617 g/mol. The predicted molar refractivity (Wildman–Crippen MR) is 192 cm³/mol. The van der Waals surface area contributed by atoms with Crippen molar-refractivity contribution in [2.45, 2.75) is 173 Å². The topological polar surface area (TPSA) is 0 Å². The molecule has 16 unspecified atom stereocenters. The van der Waals surface area contributed by atoms with E-state index < -0.39 is 0 Å². The van der Waals surface area contributed by atoms with Gasteiger partial charge < -0.3 is 0 Å². The Hall–Kier alpha value is 0. The summed E-state index contributed by atoms with van der Waals surface area (Å²) in [6, 6.07) is 0. The largest absolute Gasteiger partial charge is 0.0617 e. The molecule has 0 saturated heterocycles. The number of fused-ring (bicyclic) bond motifs is 17. The smallest absolute Gasteiger partial charge is 0.0131 e. The maximum atomic E-state index is 2.91. The molecule has 8 aliphatic rings. The lowest BCUT2D eigenvalue weighted by Crippen LogP contribution is -3.10. The molecule has 0 N–H and O–H groups in total. The molecule has 0 radical (unpaired) electrons. The van der Waals surface area contributed by atoms with Crippen LogP contribution in [0.3, 0.4) is 0 Å². The molecule has 16 atom stereocenters. The molecule has 0 aromatic rings. The Morgan fingerprint density at radius 1 is 0.289 bits per heavy atom. The first-order valence-corrected chi connectivity index (χ1v) is 19.5. The highest BCUT2D eigenvalue weighted by atomic mass is 15.2. The zero-order valence-electron chi connectivity index (χ0n) is 34.9. The number of rotatable bonds is 0. The summed E-state index contributed by atoms with van der Waals surface area (Å²) in [5.74, 6) is 1.56. The van der Waals surface area contributed by atoms with Crippen LogP contribution in [0.5, 0.6) is 0 Å². The molecule has 0 bridgehead atoms. The quantitative estimate of drug-likeness (QED) is 0.238. The average Bonchev–Trinajstić information content (AvgIpc) is 2.97. The molecule has 0 amide bonds. The van der Waals surface area contributed by atoms with Gasteiger partial charge in [-0.25, -0.2) is 0 Å². The van der Waals surface area contributed by atoms with Crippen molar-refractivity contribution >= 4 is 0 Å². The standard InChI is InChI=1S/C45H76/c1-26-27(2)34(13)33(26,12)41(20)42(34,21)45(24)39(18)31(9,10)38(17)36(15,29(5,6)30(7,8)37(39,16)44(41,45)23)43(22)35(14)28(3,4)25-32(35,11)40(38,43)19/h26-27H,25H2,1-24H3. The fourth-order valence-corrected chi connectivity index (χ4v) is 25.2. The first kappa shape index (κ1) is 32.2. The molecule has 0 spiro atoms. The van der Waals surface area contributed by atoms with Crippen LogP contribution in [-0.4, -0.2) is 0 Å². The maximum absolute atomic E-state index is 2.91. The molecule has 8 saturated carbocycles. The molecule has 8 fully saturated rings. The van der Waals surface area contributed by atoms with E-state index >= 15 is 0 Å². The van der Waals surface area contributed by atoms with Crippen molar-refractivity contribution in [3.05, 3.63) is 0 Å². The maximum Gasteiger partial charge on any atom is -0.0131 e. The molecule has 0 aromatic heterocycles. The highest BCUT2D eigenvalue weighted by Gasteiger charge is 3.15. The summed E-state index contributed by atoms with van der Waals surface area (Å²) < 4.78 is 0. The van der Waals surface area contributed by atoms with Gasteiger partial charge in [-0.2, -0.15) is 0 Å². The van der Waals surface area contributed by atoms with Crippen LogP contribution in [0.2, 0.25) is 0 Å². The molecule has 0 aliphatic heterocycles. The lowest BCUT2D eigenvalue weighted by atomic mass is 8.90. The van der Waals surface area contributed by atoms with Crippen molar-refractivity contribution in [2.24, 2.45) is 109 Å². The second kappa shape index (κ2) is 6.15. The normalized spacial score (nSPS) is 75.2. The van der Waals surface area contributed by atoms with Gasteiger partial charge in [-0.05, 0) is 116 Å². The lowest BCUT2D eigenvalue weighted by molar-refractivity contribution is -0.672. The number of hydrogen-bond donors (Lipinski definition) is 0. The van der Waals surface area contributed by atoms with Gasteiger partial charge in [0.05, 0.1) is 0 Å².